The van der Waals surface area contributed by atoms with Crippen LogP contribution in [0.4, 0.5) is 11.4 Å². The molecule has 0 amide bonds. The van der Waals surface area contributed by atoms with E-state index in [1.165, 1.54) is 56.0 Å². The quantitative estimate of drug-likeness (QED) is 0.239. The molecule has 39 heavy (non-hydrogen) atoms. The number of allylic oxidation sites excluding steroid dienone is 3. The second-order valence-electron chi connectivity index (χ2n) is 11.0. The molecule has 0 fully saturated rings. The summed E-state index contributed by atoms with van der Waals surface area (Å²) >= 11 is 0. The summed E-state index contributed by atoms with van der Waals surface area (Å²) in [4.78, 5) is 2.40. The van der Waals surface area contributed by atoms with Gasteiger partial charge >= 0.3 is 0 Å². The molecular weight excluding hydrogens is 470 g/mol. The number of anilines is 2. The minimum Gasteiger partial charge on any atom is -0.311 e. The zero-order valence-electron chi connectivity index (χ0n) is 22.0. The summed E-state index contributed by atoms with van der Waals surface area (Å²) in [6, 6.07) is 46.9. The maximum absolute atomic E-state index is 2.57. The van der Waals surface area contributed by atoms with Crippen molar-refractivity contribution in [2.45, 2.75) is 18.3 Å². The fourth-order valence-electron chi connectivity index (χ4n) is 7.51. The number of benzene rings is 5. The molecule has 0 N–H and O–H groups in total. The van der Waals surface area contributed by atoms with E-state index >= 15 is 0 Å². The van der Waals surface area contributed by atoms with Crippen molar-refractivity contribution in [3.05, 3.63) is 179 Å². The van der Waals surface area contributed by atoms with Gasteiger partial charge in [-0.05, 0) is 70.6 Å². The van der Waals surface area contributed by atoms with Gasteiger partial charge in [-0.3, -0.25) is 0 Å². The monoisotopic (exact) mass is 499 g/mol. The first-order valence-electron chi connectivity index (χ1n) is 13.9. The number of fused-ring (bicyclic) bond motifs is 10. The van der Waals surface area contributed by atoms with Crippen LogP contribution in [0.3, 0.4) is 0 Å². The fourth-order valence-corrected chi connectivity index (χ4v) is 7.51. The molecule has 3 aliphatic rings. The summed E-state index contributed by atoms with van der Waals surface area (Å²) < 4.78 is 0. The van der Waals surface area contributed by atoms with Gasteiger partial charge in [-0.15, -0.1) is 0 Å². The number of nitrogens with zero attached hydrogens (tertiary/aromatic N) is 1. The third kappa shape index (κ3) is 3.08. The molecule has 1 spiro atoms. The second kappa shape index (κ2) is 8.44. The van der Waals surface area contributed by atoms with Gasteiger partial charge in [0.05, 0.1) is 5.41 Å². The van der Waals surface area contributed by atoms with Gasteiger partial charge in [0.15, 0.2) is 0 Å². The van der Waals surface area contributed by atoms with Crippen molar-refractivity contribution in [1.29, 1.82) is 0 Å². The van der Waals surface area contributed by atoms with Crippen LogP contribution in [-0.2, 0) is 5.41 Å². The van der Waals surface area contributed by atoms with Crippen molar-refractivity contribution >= 4 is 11.4 Å². The van der Waals surface area contributed by atoms with E-state index in [0.717, 1.165) is 0 Å². The Bertz CT molecular complexity index is 1740. The average molecular weight is 500 g/mol. The zero-order valence-corrected chi connectivity index (χ0v) is 22.0. The SMILES string of the molecule is Cc1ccc2c(c1)-c1ccccc1C21c2ccccc2C2C=CC(N(c3ccccc3)c3ccccc3)=CC21. The van der Waals surface area contributed by atoms with E-state index in [1.807, 2.05) is 0 Å². The lowest BCUT2D eigenvalue weighted by Crippen LogP contribution is -2.34. The van der Waals surface area contributed by atoms with Gasteiger partial charge in [0.25, 0.3) is 0 Å². The van der Waals surface area contributed by atoms with Crippen LogP contribution in [0.5, 0.6) is 0 Å². The van der Waals surface area contributed by atoms with Gasteiger partial charge in [0.1, 0.15) is 0 Å². The Balaban J connectivity index is 1.41. The third-order valence-corrected chi connectivity index (χ3v) is 8.99. The molecule has 5 aromatic carbocycles. The van der Waals surface area contributed by atoms with Crippen LogP contribution in [0.15, 0.2) is 151 Å². The van der Waals surface area contributed by atoms with E-state index in [2.05, 4.69) is 157 Å². The Morgan fingerprint density at radius 2 is 1.21 bits per heavy atom. The van der Waals surface area contributed by atoms with Crippen LogP contribution in [0.25, 0.3) is 11.1 Å². The Morgan fingerprint density at radius 1 is 0.590 bits per heavy atom. The van der Waals surface area contributed by atoms with Crippen molar-refractivity contribution in [2.24, 2.45) is 5.92 Å². The highest BCUT2D eigenvalue weighted by atomic mass is 15.1. The van der Waals surface area contributed by atoms with Crippen molar-refractivity contribution in [1.82, 2.24) is 0 Å². The normalized spacial score (nSPS) is 21.6. The van der Waals surface area contributed by atoms with Crippen molar-refractivity contribution in [3.8, 4) is 11.1 Å². The molecule has 5 aromatic rings. The summed E-state index contributed by atoms with van der Waals surface area (Å²) in [5.41, 5.74) is 13.2. The van der Waals surface area contributed by atoms with Crippen LogP contribution in [0.2, 0.25) is 0 Å². The summed E-state index contributed by atoms with van der Waals surface area (Å²) in [7, 11) is 0. The van der Waals surface area contributed by atoms with Gasteiger partial charge < -0.3 is 4.90 Å². The summed E-state index contributed by atoms with van der Waals surface area (Å²) in [5, 5.41) is 0. The molecular formula is C38H29N. The highest BCUT2D eigenvalue weighted by Gasteiger charge is 2.57. The number of hydrogen-bond acceptors (Lipinski definition) is 1. The summed E-state index contributed by atoms with van der Waals surface area (Å²) in [6.07, 6.45) is 7.37. The Morgan fingerprint density at radius 3 is 1.95 bits per heavy atom. The van der Waals surface area contributed by atoms with Crippen LogP contribution in [0.1, 0.15) is 33.7 Å². The lowest BCUT2D eigenvalue weighted by atomic mass is 9.65. The minimum absolute atomic E-state index is 0.226. The molecule has 0 heterocycles. The molecule has 0 radical (unpaired) electrons. The predicted octanol–water partition coefficient (Wildman–Crippen LogP) is 9.32. The Labute approximate surface area is 230 Å². The molecule has 1 heteroatoms. The number of para-hydroxylation sites is 2. The van der Waals surface area contributed by atoms with E-state index < -0.39 is 0 Å². The van der Waals surface area contributed by atoms with Gasteiger partial charge in [-0.2, -0.15) is 0 Å². The molecule has 0 saturated heterocycles. The first kappa shape index (κ1) is 22.4. The molecule has 0 bridgehead atoms. The molecule has 186 valence electrons. The van der Waals surface area contributed by atoms with Gasteiger partial charge in [0.2, 0.25) is 0 Å². The van der Waals surface area contributed by atoms with E-state index in [4.69, 9.17) is 0 Å². The number of hydrogen-bond donors (Lipinski definition) is 0. The third-order valence-electron chi connectivity index (χ3n) is 8.99. The standard InChI is InChI=1S/C38H29N/c1-26-20-23-36-33(24-26)31-17-9-11-19-35(31)38(36)34-18-10-8-16-30(34)32-22-21-29(25-37(32)38)39(27-12-4-2-5-13-27)28-14-6-3-7-15-28/h2-25,32,37H,1H3. The molecule has 1 nitrogen and oxygen atoms in total. The highest BCUT2D eigenvalue weighted by Crippen LogP contribution is 2.65. The van der Waals surface area contributed by atoms with Crippen molar-refractivity contribution in [3.63, 3.8) is 0 Å². The Hall–Kier alpha value is -4.62. The molecule has 3 atom stereocenters. The van der Waals surface area contributed by atoms with Crippen LogP contribution in [-0.4, -0.2) is 0 Å². The van der Waals surface area contributed by atoms with Gasteiger partial charge in [-0.1, -0.05) is 121 Å². The van der Waals surface area contributed by atoms with Crippen molar-refractivity contribution in [2.75, 3.05) is 4.90 Å². The lowest BCUT2D eigenvalue weighted by molar-refractivity contribution is 0.462. The summed E-state index contributed by atoms with van der Waals surface area (Å²) in [5.74, 6) is 0.577. The van der Waals surface area contributed by atoms with Gasteiger partial charge in [0, 0.05) is 28.9 Å². The molecule has 0 saturated carbocycles. The smallest absolute Gasteiger partial charge is 0.0538 e. The molecule has 8 rings (SSSR count). The minimum atomic E-state index is -0.226. The average Bonchev–Trinajstić information content (AvgIpc) is 3.45. The molecule has 3 unspecified atom stereocenters. The molecule has 3 aliphatic carbocycles. The topological polar surface area (TPSA) is 3.24 Å². The fraction of sp³-hybridized carbons (Fsp3) is 0.105. The Kier molecular flexibility index (Phi) is 4.84. The van der Waals surface area contributed by atoms with Crippen LogP contribution in [0, 0.1) is 12.8 Å². The maximum Gasteiger partial charge on any atom is 0.0538 e. The van der Waals surface area contributed by atoms with Crippen molar-refractivity contribution < 1.29 is 0 Å². The summed E-state index contributed by atoms with van der Waals surface area (Å²) in [6.45, 7) is 2.21. The van der Waals surface area contributed by atoms with E-state index in [-0.39, 0.29) is 11.3 Å². The number of aryl methyl sites for hydroxylation is 1. The second-order valence-corrected chi connectivity index (χ2v) is 11.0. The van der Waals surface area contributed by atoms with E-state index in [0.29, 0.717) is 5.92 Å². The van der Waals surface area contributed by atoms with E-state index in [1.54, 1.807) is 0 Å². The largest absolute Gasteiger partial charge is 0.311 e. The number of rotatable bonds is 3. The first-order valence-corrected chi connectivity index (χ1v) is 13.9. The first-order chi connectivity index (χ1) is 19.3. The van der Waals surface area contributed by atoms with E-state index in [9.17, 15) is 0 Å². The molecule has 0 aromatic heterocycles. The van der Waals surface area contributed by atoms with Crippen LogP contribution < -0.4 is 4.90 Å². The van der Waals surface area contributed by atoms with Crippen LogP contribution >= 0.6 is 0 Å². The highest BCUT2D eigenvalue weighted by molar-refractivity contribution is 5.86. The zero-order chi connectivity index (χ0) is 26.0. The maximum atomic E-state index is 2.57. The lowest BCUT2D eigenvalue weighted by Gasteiger charge is -2.38. The predicted molar refractivity (Wildman–Crippen MR) is 161 cm³/mol. The van der Waals surface area contributed by atoms with Gasteiger partial charge in [-0.25, -0.2) is 0 Å². The molecule has 0 aliphatic heterocycles.